The topological polar surface area (TPSA) is 26.0 Å². The Hall–Kier alpha value is -0.0400. The van der Waals surface area contributed by atoms with Crippen LogP contribution in [0.2, 0.25) is 0 Å². The molecule has 66 valence electrons. The van der Waals surface area contributed by atoms with Crippen molar-refractivity contribution in [2.24, 2.45) is 17.6 Å². The van der Waals surface area contributed by atoms with Crippen LogP contribution < -0.4 is 5.73 Å². The van der Waals surface area contributed by atoms with Crippen molar-refractivity contribution in [3.63, 3.8) is 0 Å². The fraction of sp³-hybridized carbons (Fsp3) is 1.00. The van der Waals surface area contributed by atoms with Crippen molar-refractivity contribution in [1.82, 2.24) is 0 Å². The van der Waals surface area contributed by atoms with Crippen molar-refractivity contribution in [1.29, 1.82) is 0 Å². The zero-order valence-corrected chi connectivity index (χ0v) is 7.68. The van der Waals surface area contributed by atoms with Gasteiger partial charge in [-0.05, 0) is 31.2 Å². The number of hydrogen-bond acceptors (Lipinski definition) is 1. The van der Waals surface area contributed by atoms with Crippen LogP contribution in [0.1, 0.15) is 45.4 Å². The van der Waals surface area contributed by atoms with E-state index in [9.17, 15) is 0 Å². The number of nitrogens with two attached hydrogens (primary N) is 1. The summed E-state index contributed by atoms with van der Waals surface area (Å²) >= 11 is 0. The molecule has 0 saturated heterocycles. The normalized spacial score (nSPS) is 32.2. The molecule has 0 spiro atoms. The van der Waals surface area contributed by atoms with Gasteiger partial charge in [0, 0.05) is 0 Å². The molecule has 0 amide bonds. The zero-order valence-electron chi connectivity index (χ0n) is 7.68. The predicted octanol–water partition coefficient (Wildman–Crippen LogP) is 2.55. The Bertz CT molecular complexity index is 93.0. The molecule has 1 nitrogen and oxygen atoms in total. The fourth-order valence-corrected chi connectivity index (χ4v) is 2.16. The number of hydrogen-bond donors (Lipinski definition) is 1. The van der Waals surface area contributed by atoms with Gasteiger partial charge in [-0.3, -0.25) is 0 Å². The second-order valence-corrected chi connectivity index (χ2v) is 3.91. The van der Waals surface area contributed by atoms with Gasteiger partial charge < -0.3 is 5.73 Å². The van der Waals surface area contributed by atoms with Crippen LogP contribution in [0.25, 0.3) is 0 Å². The molecule has 0 bridgehead atoms. The molecule has 1 aliphatic rings. The van der Waals surface area contributed by atoms with Gasteiger partial charge in [0.2, 0.25) is 0 Å². The highest BCUT2D eigenvalue weighted by Gasteiger charge is 2.18. The highest BCUT2D eigenvalue weighted by atomic mass is 14.5. The summed E-state index contributed by atoms with van der Waals surface area (Å²) in [6, 6.07) is 0. The van der Waals surface area contributed by atoms with Crippen LogP contribution in [-0.4, -0.2) is 6.54 Å². The van der Waals surface area contributed by atoms with E-state index in [1.165, 1.54) is 38.5 Å². The highest BCUT2D eigenvalue weighted by molar-refractivity contribution is 4.72. The van der Waals surface area contributed by atoms with Gasteiger partial charge in [0.15, 0.2) is 0 Å². The van der Waals surface area contributed by atoms with Gasteiger partial charge in [-0.2, -0.15) is 0 Å². The molecule has 1 rings (SSSR count). The maximum atomic E-state index is 5.62. The second-order valence-electron chi connectivity index (χ2n) is 3.91. The highest BCUT2D eigenvalue weighted by Crippen LogP contribution is 2.30. The van der Waals surface area contributed by atoms with E-state index < -0.39 is 0 Å². The van der Waals surface area contributed by atoms with Gasteiger partial charge in [0.25, 0.3) is 0 Å². The summed E-state index contributed by atoms with van der Waals surface area (Å²) in [7, 11) is 0. The van der Waals surface area contributed by atoms with Crippen molar-refractivity contribution in [2.45, 2.75) is 45.4 Å². The first-order valence-electron chi connectivity index (χ1n) is 5.06. The Morgan fingerprint density at radius 2 is 1.64 bits per heavy atom. The van der Waals surface area contributed by atoms with Crippen molar-refractivity contribution < 1.29 is 0 Å². The Morgan fingerprint density at radius 1 is 1.09 bits per heavy atom. The molecule has 0 unspecified atom stereocenters. The molecule has 0 aromatic carbocycles. The standard InChI is InChI=1S/C10H21N/c1-2-3-9-4-6-10(8-11)7-5-9/h9-10H,2-8,11H2,1H3/t9-,10-. The van der Waals surface area contributed by atoms with Crippen molar-refractivity contribution in [2.75, 3.05) is 6.54 Å². The fourth-order valence-electron chi connectivity index (χ4n) is 2.16. The van der Waals surface area contributed by atoms with E-state index >= 15 is 0 Å². The first-order valence-corrected chi connectivity index (χ1v) is 5.06. The van der Waals surface area contributed by atoms with Crippen LogP contribution >= 0.6 is 0 Å². The van der Waals surface area contributed by atoms with Gasteiger partial charge in [0.05, 0.1) is 0 Å². The van der Waals surface area contributed by atoms with Crippen LogP contribution in [0.15, 0.2) is 0 Å². The van der Waals surface area contributed by atoms with Gasteiger partial charge in [-0.25, -0.2) is 0 Å². The third-order valence-corrected chi connectivity index (χ3v) is 3.00. The summed E-state index contributed by atoms with van der Waals surface area (Å²) in [5.41, 5.74) is 5.62. The van der Waals surface area contributed by atoms with Gasteiger partial charge in [0.1, 0.15) is 0 Å². The molecule has 0 aromatic heterocycles. The smallest absolute Gasteiger partial charge is 0.00489 e. The Labute approximate surface area is 70.4 Å². The van der Waals surface area contributed by atoms with Crippen molar-refractivity contribution in [3.8, 4) is 0 Å². The molecule has 11 heavy (non-hydrogen) atoms. The SMILES string of the molecule is CCC[C@H]1CC[C@H](CN)CC1. The van der Waals surface area contributed by atoms with Crippen molar-refractivity contribution >= 4 is 0 Å². The lowest BCUT2D eigenvalue weighted by molar-refractivity contribution is 0.267. The molecule has 0 radical (unpaired) electrons. The lowest BCUT2D eigenvalue weighted by Gasteiger charge is -2.27. The van der Waals surface area contributed by atoms with E-state index in [0.717, 1.165) is 18.4 Å². The van der Waals surface area contributed by atoms with Crippen LogP contribution in [0.4, 0.5) is 0 Å². The average Bonchev–Trinajstić information content (AvgIpc) is 2.07. The summed E-state index contributed by atoms with van der Waals surface area (Å²) in [6.07, 6.45) is 8.46. The minimum absolute atomic E-state index is 0.850. The Kier molecular flexibility index (Phi) is 3.92. The monoisotopic (exact) mass is 155 g/mol. The van der Waals surface area contributed by atoms with Crippen molar-refractivity contribution in [3.05, 3.63) is 0 Å². The maximum absolute atomic E-state index is 5.62. The van der Waals surface area contributed by atoms with Gasteiger partial charge in [-0.1, -0.05) is 32.6 Å². The molecule has 0 atom stereocenters. The van der Waals surface area contributed by atoms with Gasteiger partial charge in [-0.15, -0.1) is 0 Å². The van der Waals surface area contributed by atoms with Crippen LogP contribution in [0.3, 0.4) is 0 Å². The summed E-state index contributed by atoms with van der Waals surface area (Å²) in [5, 5.41) is 0. The third-order valence-electron chi connectivity index (χ3n) is 3.00. The molecular weight excluding hydrogens is 134 g/mol. The molecule has 1 saturated carbocycles. The molecule has 1 aliphatic carbocycles. The molecule has 0 aromatic rings. The molecule has 1 fully saturated rings. The second kappa shape index (κ2) is 4.76. The largest absolute Gasteiger partial charge is 0.330 e. The molecular formula is C10H21N. The third kappa shape index (κ3) is 2.82. The molecule has 2 N–H and O–H groups in total. The summed E-state index contributed by atoms with van der Waals surface area (Å²) in [5.74, 6) is 1.88. The summed E-state index contributed by atoms with van der Waals surface area (Å²) in [4.78, 5) is 0. The summed E-state index contributed by atoms with van der Waals surface area (Å²) in [6.45, 7) is 3.20. The zero-order chi connectivity index (χ0) is 8.10. The lowest BCUT2D eigenvalue weighted by Crippen LogP contribution is -2.21. The average molecular weight is 155 g/mol. The van der Waals surface area contributed by atoms with E-state index in [1.54, 1.807) is 0 Å². The van der Waals surface area contributed by atoms with E-state index in [0.29, 0.717) is 0 Å². The van der Waals surface area contributed by atoms with Crippen LogP contribution in [0, 0.1) is 11.8 Å². The van der Waals surface area contributed by atoms with E-state index in [4.69, 9.17) is 5.73 Å². The first kappa shape index (κ1) is 9.05. The maximum Gasteiger partial charge on any atom is -0.00489 e. The van der Waals surface area contributed by atoms with E-state index in [-0.39, 0.29) is 0 Å². The lowest BCUT2D eigenvalue weighted by atomic mass is 9.80. The Morgan fingerprint density at radius 3 is 2.09 bits per heavy atom. The Balaban J connectivity index is 2.14. The van der Waals surface area contributed by atoms with Crippen LogP contribution in [-0.2, 0) is 0 Å². The minimum Gasteiger partial charge on any atom is -0.330 e. The van der Waals surface area contributed by atoms with Crippen LogP contribution in [0.5, 0.6) is 0 Å². The first-order chi connectivity index (χ1) is 5.36. The number of rotatable bonds is 3. The van der Waals surface area contributed by atoms with Gasteiger partial charge >= 0.3 is 0 Å². The molecule has 0 aliphatic heterocycles. The van der Waals surface area contributed by atoms with E-state index in [2.05, 4.69) is 6.92 Å². The summed E-state index contributed by atoms with van der Waals surface area (Å²) < 4.78 is 0. The van der Waals surface area contributed by atoms with E-state index in [1.807, 2.05) is 0 Å². The predicted molar refractivity (Wildman–Crippen MR) is 49.4 cm³/mol. The molecule has 1 heteroatoms. The molecule has 0 heterocycles. The minimum atomic E-state index is 0.850. The quantitative estimate of drug-likeness (QED) is 0.666.